The number of hydrogen-bond acceptors (Lipinski definition) is 1. The molecule has 0 radical (unpaired) electrons. The van der Waals surface area contributed by atoms with Crippen molar-refractivity contribution in [1.29, 1.82) is 0 Å². The molecule has 1 nitrogen and oxygen atoms in total. The van der Waals surface area contributed by atoms with E-state index in [1.165, 1.54) is 25.3 Å². The molecule has 17 heavy (non-hydrogen) atoms. The average Bonchev–Trinajstić information content (AvgIpc) is 2.34. The molecule has 1 aliphatic carbocycles. The van der Waals surface area contributed by atoms with Crippen LogP contribution in [-0.4, -0.2) is 6.10 Å². The van der Waals surface area contributed by atoms with Gasteiger partial charge in [0, 0.05) is 0 Å². The largest absolute Gasteiger partial charge is 0.490 e. The topological polar surface area (TPSA) is 9.23 Å². The van der Waals surface area contributed by atoms with E-state index in [-0.39, 0.29) is 5.82 Å². The Morgan fingerprint density at radius 1 is 1.35 bits per heavy atom. The van der Waals surface area contributed by atoms with E-state index in [0.29, 0.717) is 16.5 Å². The van der Waals surface area contributed by atoms with Gasteiger partial charge >= 0.3 is 0 Å². The molecule has 0 aromatic heterocycles. The van der Waals surface area contributed by atoms with Crippen LogP contribution in [0, 0.1) is 11.7 Å². The molecule has 0 aliphatic heterocycles. The molecule has 1 saturated carbocycles. The highest BCUT2D eigenvalue weighted by Crippen LogP contribution is 2.31. The van der Waals surface area contributed by atoms with E-state index in [1.807, 2.05) is 0 Å². The first-order chi connectivity index (χ1) is 8.20. The van der Waals surface area contributed by atoms with Gasteiger partial charge in [0.25, 0.3) is 0 Å². The molecule has 0 spiro atoms. The molecule has 3 heteroatoms. The third-order valence-electron chi connectivity index (χ3n) is 3.54. The van der Waals surface area contributed by atoms with Gasteiger partial charge in [-0.1, -0.05) is 13.3 Å². The van der Waals surface area contributed by atoms with Crippen molar-refractivity contribution < 1.29 is 9.13 Å². The maximum absolute atomic E-state index is 13.1. The fourth-order valence-electron chi connectivity index (χ4n) is 2.52. The molecule has 2 atom stereocenters. The molecule has 0 heterocycles. The van der Waals surface area contributed by atoms with Gasteiger partial charge in [0.2, 0.25) is 0 Å². The van der Waals surface area contributed by atoms with Gasteiger partial charge in [0.15, 0.2) is 0 Å². The van der Waals surface area contributed by atoms with Crippen LogP contribution < -0.4 is 4.74 Å². The number of ether oxygens (including phenoxy) is 1. The van der Waals surface area contributed by atoms with E-state index < -0.39 is 0 Å². The van der Waals surface area contributed by atoms with Crippen LogP contribution in [0.15, 0.2) is 22.7 Å². The summed E-state index contributed by atoms with van der Waals surface area (Å²) < 4.78 is 19.6. The normalized spacial score (nSPS) is 24.6. The minimum absolute atomic E-state index is 0.243. The summed E-state index contributed by atoms with van der Waals surface area (Å²) in [6.45, 7) is 2.22. The second-order valence-corrected chi connectivity index (χ2v) is 5.54. The van der Waals surface area contributed by atoms with Crippen LogP contribution in [0.5, 0.6) is 5.75 Å². The molecular formula is C14H18BrFO. The Morgan fingerprint density at radius 2 is 2.12 bits per heavy atom. The summed E-state index contributed by atoms with van der Waals surface area (Å²) in [5.41, 5.74) is 0. The summed E-state index contributed by atoms with van der Waals surface area (Å²) in [4.78, 5) is 0. The highest BCUT2D eigenvalue weighted by atomic mass is 79.9. The van der Waals surface area contributed by atoms with Gasteiger partial charge in [-0.3, -0.25) is 0 Å². The fourth-order valence-corrected chi connectivity index (χ4v) is 2.88. The van der Waals surface area contributed by atoms with E-state index in [2.05, 4.69) is 22.9 Å². The quantitative estimate of drug-likeness (QED) is 0.768. The second-order valence-electron chi connectivity index (χ2n) is 4.69. The molecule has 0 amide bonds. The van der Waals surface area contributed by atoms with Crippen molar-refractivity contribution in [2.45, 2.75) is 45.1 Å². The molecular weight excluding hydrogens is 283 g/mol. The van der Waals surface area contributed by atoms with Gasteiger partial charge in [0.1, 0.15) is 17.7 Å². The van der Waals surface area contributed by atoms with Crippen LogP contribution in [0.3, 0.4) is 0 Å². The predicted octanol–water partition coefficient (Wildman–Crippen LogP) is 4.94. The summed E-state index contributed by atoms with van der Waals surface area (Å²) in [5, 5.41) is 0. The van der Waals surface area contributed by atoms with Crippen LogP contribution in [-0.2, 0) is 0 Å². The number of hydrogen-bond donors (Lipinski definition) is 0. The Labute approximate surface area is 110 Å². The van der Waals surface area contributed by atoms with Gasteiger partial charge in [-0.15, -0.1) is 0 Å². The lowest BCUT2D eigenvalue weighted by molar-refractivity contribution is 0.0902. The maximum atomic E-state index is 13.1. The zero-order chi connectivity index (χ0) is 12.3. The third-order valence-corrected chi connectivity index (χ3v) is 4.15. The highest BCUT2D eigenvalue weighted by molar-refractivity contribution is 9.10. The average molecular weight is 301 g/mol. The monoisotopic (exact) mass is 300 g/mol. The van der Waals surface area contributed by atoms with Crippen molar-refractivity contribution >= 4 is 15.9 Å². The van der Waals surface area contributed by atoms with Gasteiger partial charge in [0.05, 0.1) is 4.47 Å². The summed E-state index contributed by atoms with van der Waals surface area (Å²) in [6.07, 6.45) is 6.38. The summed E-state index contributed by atoms with van der Waals surface area (Å²) in [5.74, 6) is 1.17. The summed E-state index contributed by atoms with van der Waals surface area (Å²) >= 11 is 3.19. The van der Waals surface area contributed by atoms with Gasteiger partial charge in [-0.25, -0.2) is 4.39 Å². The third kappa shape index (κ3) is 3.21. The van der Waals surface area contributed by atoms with E-state index in [0.717, 1.165) is 18.6 Å². The molecule has 94 valence electrons. The van der Waals surface area contributed by atoms with Gasteiger partial charge in [-0.2, -0.15) is 0 Å². The van der Waals surface area contributed by atoms with E-state index in [1.54, 1.807) is 12.1 Å². The van der Waals surface area contributed by atoms with Crippen LogP contribution >= 0.6 is 15.9 Å². The highest BCUT2D eigenvalue weighted by Gasteiger charge is 2.25. The first-order valence-electron chi connectivity index (χ1n) is 6.32. The van der Waals surface area contributed by atoms with Crippen molar-refractivity contribution in [1.82, 2.24) is 0 Å². The van der Waals surface area contributed by atoms with E-state index in [4.69, 9.17) is 4.74 Å². The zero-order valence-electron chi connectivity index (χ0n) is 10.1. The van der Waals surface area contributed by atoms with Crippen LogP contribution in [0.4, 0.5) is 4.39 Å². The Bertz CT molecular complexity index is 380. The van der Waals surface area contributed by atoms with Crippen molar-refractivity contribution in [2.75, 3.05) is 0 Å². The Balaban J connectivity index is 2.05. The zero-order valence-corrected chi connectivity index (χ0v) is 11.7. The maximum Gasteiger partial charge on any atom is 0.137 e. The predicted molar refractivity (Wildman–Crippen MR) is 70.8 cm³/mol. The SMILES string of the molecule is CCC1CCCCC1Oc1ccc(F)c(Br)c1. The van der Waals surface area contributed by atoms with Crippen molar-refractivity contribution in [3.05, 3.63) is 28.5 Å². The van der Waals surface area contributed by atoms with Crippen molar-refractivity contribution in [2.24, 2.45) is 5.92 Å². The molecule has 1 fully saturated rings. The summed E-state index contributed by atoms with van der Waals surface area (Å²) in [7, 11) is 0. The number of halogens is 2. The van der Waals surface area contributed by atoms with Crippen LogP contribution in [0.25, 0.3) is 0 Å². The lowest BCUT2D eigenvalue weighted by atomic mass is 9.85. The molecule has 0 N–H and O–H groups in total. The fraction of sp³-hybridized carbons (Fsp3) is 0.571. The van der Waals surface area contributed by atoms with Crippen molar-refractivity contribution in [3.63, 3.8) is 0 Å². The first-order valence-corrected chi connectivity index (χ1v) is 7.11. The lowest BCUT2D eigenvalue weighted by Gasteiger charge is -2.31. The number of benzene rings is 1. The lowest BCUT2D eigenvalue weighted by Crippen LogP contribution is -2.29. The Morgan fingerprint density at radius 3 is 2.82 bits per heavy atom. The Kier molecular flexibility index (Phi) is 4.43. The number of rotatable bonds is 3. The van der Waals surface area contributed by atoms with E-state index in [9.17, 15) is 4.39 Å². The minimum Gasteiger partial charge on any atom is -0.490 e. The van der Waals surface area contributed by atoms with Crippen LogP contribution in [0.2, 0.25) is 0 Å². The molecule has 1 aliphatic rings. The first kappa shape index (κ1) is 12.9. The van der Waals surface area contributed by atoms with Crippen LogP contribution in [0.1, 0.15) is 39.0 Å². The van der Waals surface area contributed by atoms with E-state index >= 15 is 0 Å². The minimum atomic E-state index is -0.243. The van der Waals surface area contributed by atoms with Gasteiger partial charge < -0.3 is 4.74 Å². The molecule has 1 aromatic carbocycles. The molecule has 2 rings (SSSR count). The smallest absolute Gasteiger partial charge is 0.137 e. The molecule has 1 aromatic rings. The second kappa shape index (κ2) is 5.85. The summed E-state index contributed by atoms with van der Waals surface area (Å²) in [6, 6.07) is 4.88. The standard InChI is InChI=1S/C14H18BrFO/c1-2-10-5-3-4-6-14(10)17-11-7-8-13(16)12(15)9-11/h7-10,14H,2-6H2,1H3. The molecule has 0 saturated heterocycles. The van der Waals surface area contributed by atoms with Gasteiger partial charge in [-0.05, 0) is 65.7 Å². The van der Waals surface area contributed by atoms with Crippen molar-refractivity contribution in [3.8, 4) is 5.75 Å². The Hall–Kier alpha value is -0.570. The molecule has 0 bridgehead atoms. The molecule has 2 unspecified atom stereocenters.